The van der Waals surface area contributed by atoms with E-state index >= 15 is 0 Å². The summed E-state index contributed by atoms with van der Waals surface area (Å²) in [6, 6.07) is -0.299. The van der Waals surface area contributed by atoms with Crippen LogP contribution in [0, 0.1) is 0 Å². The van der Waals surface area contributed by atoms with Gasteiger partial charge < -0.3 is 19.7 Å². The molecule has 2 amide bonds. The minimum atomic E-state index is -0.578. The molecule has 0 aromatic rings. The third-order valence-corrected chi connectivity index (χ3v) is 4.28. The first-order valence-electron chi connectivity index (χ1n) is 7.29. The molecule has 23 heavy (non-hydrogen) atoms. The van der Waals surface area contributed by atoms with Gasteiger partial charge in [0.1, 0.15) is 17.6 Å². The standard InChI is InChI=1S/C15H24N2O5S/c1-10(16-14(20)22-15(3,4)5)13-17(9-18)6-12(8-23-13)7-21-11(2)19/h8-10,13H,6-7H2,1-5H3,(H,16,20). The van der Waals surface area contributed by atoms with E-state index in [1.807, 2.05) is 12.3 Å². The number of ether oxygens (including phenoxy) is 2. The Morgan fingerprint density at radius 2 is 2.17 bits per heavy atom. The number of carbonyl (C=O) groups excluding carboxylic acids is 3. The van der Waals surface area contributed by atoms with Gasteiger partial charge in [-0.2, -0.15) is 0 Å². The van der Waals surface area contributed by atoms with Crippen LogP contribution in [0.15, 0.2) is 11.0 Å². The number of alkyl carbamates (subject to hydrolysis) is 1. The SMILES string of the molecule is CC(=O)OCC1=CSC(C(C)NC(=O)OC(C)(C)C)N(C=O)C1. The molecule has 0 saturated heterocycles. The summed E-state index contributed by atoms with van der Waals surface area (Å²) in [6.45, 7) is 9.02. The quantitative estimate of drug-likeness (QED) is 0.605. The van der Waals surface area contributed by atoms with E-state index in [-0.39, 0.29) is 24.0 Å². The molecule has 0 saturated carbocycles. The van der Waals surface area contributed by atoms with Gasteiger partial charge >= 0.3 is 12.1 Å². The van der Waals surface area contributed by atoms with Crippen molar-refractivity contribution in [3.63, 3.8) is 0 Å². The molecular formula is C15H24N2O5S. The lowest BCUT2D eigenvalue weighted by atomic mass is 10.2. The largest absolute Gasteiger partial charge is 0.461 e. The monoisotopic (exact) mass is 344 g/mol. The summed E-state index contributed by atoms with van der Waals surface area (Å²) in [5, 5.41) is 4.35. The highest BCUT2D eigenvalue weighted by atomic mass is 32.2. The van der Waals surface area contributed by atoms with Crippen molar-refractivity contribution in [2.75, 3.05) is 13.2 Å². The van der Waals surface area contributed by atoms with E-state index in [0.29, 0.717) is 6.54 Å². The molecule has 7 nitrogen and oxygen atoms in total. The van der Waals surface area contributed by atoms with Crippen LogP contribution in [-0.2, 0) is 19.1 Å². The van der Waals surface area contributed by atoms with Crippen molar-refractivity contribution in [3.05, 3.63) is 11.0 Å². The molecule has 0 radical (unpaired) electrons. The first-order valence-corrected chi connectivity index (χ1v) is 8.24. The van der Waals surface area contributed by atoms with Crippen molar-refractivity contribution < 1.29 is 23.9 Å². The molecule has 0 aromatic carbocycles. The number of amides is 2. The van der Waals surface area contributed by atoms with Crippen molar-refractivity contribution >= 4 is 30.2 Å². The zero-order chi connectivity index (χ0) is 17.6. The number of rotatable bonds is 5. The fourth-order valence-electron chi connectivity index (χ4n) is 1.95. The van der Waals surface area contributed by atoms with Gasteiger partial charge in [0.2, 0.25) is 6.41 Å². The summed E-state index contributed by atoms with van der Waals surface area (Å²) in [7, 11) is 0. The topological polar surface area (TPSA) is 84.9 Å². The van der Waals surface area contributed by atoms with Crippen LogP contribution in [-0.4, -0.2) is 53.5 Å². The van der Waals surface area contributed by atoms with Crippen molar-refractivity contribution in [2.45, 2.75) is 51.6 Å². The molecule has 1 aliphatic rings. The van der Waals surface area contributed by atoms with Gasteiger partial charge in [-0.25, -0.2) is 4.79 Å². The van der Waals surface area contributed by atoms with Gasteiger partial charge in [0.05, 0.1) is 6.04 Å². The fourth-order valence-corrected chi connectivity index (χ4v) is 3.01. The van der Waals surface area contributed by atoms with Crippen molar-refractivity contribution in [3.8, 4) is 0 Å². The highest BCUT2D eigenvalue weighted by Crippen LogP contribution is 2.27. The Bertz CT molecular complexity index is 487. The van der Waals surface area contributed by atoms with Gasteiger partial charge in [-0.05, 0) is 38.7 Å². The molecule has 1 aliphatic heterocycles. The molecule has 130 valence electrons. The number of nitrogens with one attached hydrogen (secondary N) is 1. The molecule has 0 bridgehead atoms. The minimum Gasteiger partial charge on any atom is -0.461 e. The van der Waals surface area contributed by atoms with Gasteiger partial charge in [-0.15, -0.1) is 11.8 Å². The third kappa shape index (κ3) is 6.94. The van der Waals surface area contributed by atoms with E-state index < -0.39 is 11.7 Å². The normalized spacial score (nSPS) is 19.4. The zero-order valence-electron chi connectivity index (χ0n) is 14.1. The van der Waals surface area contributed by atoms with Crippen LogP contribution >= 0.6 is 11.8 Å². The van der Waals surface area contributed by atoms with Gasteiger partial charge in [0.15, 0.2) is 0 Å². The van der Waals surface area contributed by atoms with Crippen molar-refractivity contribution in [2.24, 2.45) is 0 Å². The van der Waals surface area contributed by atoms with Crippen LogP contribution in [0.3, 0.4) is 0 Å². The average molecular weight is 344 g/mol. The average Bonchev–Trinajstić information content (AvgIpc) is 2.42. The summed E-state index contributed by atoms with van der Waals surface area (Å²) in [6.07, 6.45) is 0.206. The second-order valence-electron chi connectivity index (χ2n) is 6.30. The molecular weight excluding hydrogens is 320 g/mol. The Kier molecular flexibility index (Phi) is 6.93. The van der Waals surface area contributed by atoms with Gasteiger partial charge in [0, 0.05) is 13.5 Å². The maximum Gasteiger partial charge on any atom is 0.407 e. The smallest absolute Gasteiger partial charge is 0.407 e. The molecule has 0 aromatic heterocycles. The van der Waals surface area contributed by atoms with E-state index in [4.69, 9.17) is 9.47 Å². The summed E-state index contributed by atoms with van der Waals surface area (Å²) in [4.78, 5) is 35.5. The molecule has 2 unspecified atom stereocenters. The van der Waals surface area contributed by atoms with Gasteiger partial charge in [-0.1, -0.05) is 0 Å². The summed E-state index contributed by atoms with van der Waals surface area (Å²) < 4.78 is 10.2. The summed E-state index contributed by atoms with van der Waals surface area (Å²) in [5.41, 5.74) is 0.253. The zero-order valence-corrected chi connectivity index (χ0v) is 14.9. The molecule has 0 fully saturated rings. The van der Waals surface area contributed by atoms with Crippen LogP contribution in [0.1, 0.15) is 34.6 Å². The lowest BCUT2D eigenvalue weighted by Gasteiger charge is -2.36. The minimum absolute atomic E-state index is 0.160. The number of nitrogens with zero attached hydrogens (tertiary/aromatic N) is 1. The number of hydrogen-bond donors (Lipinski definition) is 1. The van der Waals surface area contributed by atoms with E-state index in [1.54, 1.807) is 25.7 Å². The van der Waals surface area contributed by atoms with Crippen LogP contribution in [0.25, 0.3) is 0 Å². The third-order valence-electron chi connectivity index (χ3n) is 2.86. The second kappa shape index (κ2) is 8.24. The summed E-state index contributed by atoms with van der Waals surface area (Å²) >= 11 is 1.39. The molecule has 0 aliphatic carbocycles. The van der Waals surface area contributed by atoms with Gasteiger partial charge in [0.25, 0.3) is 0 Å². The number of carbonyl (C=O) groups is 3. The van der Waals surface area contributed by atoms with Gasteiger partial charge in [-0.3, -0.25) is 9.59 Å². The molecule has 1 rings (SSSR count). The molecule has 8 heteroatoms. The highest BCUT2D eigenvalue weighted by molar-refractivity contribution is 8.02. The van der Waals surface area contributed by atoms with Crippen molar-refractivity contribution in [1.29, 1.82) is 0 Å². The first kappa shape index (κ1) is 19.3. The van der Waals surface area contributed by atoms with E-state index in [2.05, 4.69) is 5.32 Å². The fraction of sp³-hybridized carbons (Fsp3) is 0.667. The lowest BCUT2D eigenvalue weighted by molar-refractivity contribution is -0.140. The number of thioether (sulfide) groups is 1. The number of hydrogen-bond acceptors (Lipinski definition) is 6. The van der Waals surface area contributed by atoms with Crippen LogP contribution in [0.4, 0.5) is 4.79 Å². The Morgan fingerprint density at radius 1 is 1.52 bits per heavy atom. The van der Waals surface area contributed by atoms with Crippen LogP contribution < -0.4 is 5.32 Å². The maximum absolute atomic E-state index is 11.8. The first-order chi connectivity index (χ1) is 10.6. The Labute approximate surface area is 140 Å². The predicted octanol–water partition coefficient (Wildman–Crippen LogP) is 1.88. The highest BCUT2D eigenvalue weighted by Gasteiger charge is 2.30. The van der Waals surface area contributed by atoms with Crippen LogP contribution in [0.2, 0.25) is 0 Å². The van der Waals surface area contributed by atoms with E-state index in [9.17, 15) is 14.4 Å². The molecule has 2 atom stereocenters. The Hall–Kier alpha value is -1.70. The second-order valence-corrected chi connectivity index (χ2v) is 7.29. The van der Waals surface area contributed by atoms with E-state index in [0.717, 1.165) is 12.0 Å². The Morgan fingerprint density at radius 3 is 2.70 bits per heavy atom. The lowest BCUT2D eigenvalue weighted by Crippen LogP contribution is -2.50. The Balaban J connectivity index is 2.63. The predicted molar refractivity (Wildman–Crippen MR) is 87.7 cm³/mol. The number of esters is 1. The van der Waals surface area contributed by atoms with E-state index in [1.165, 1.54) is 18.7 Å². The van der Waals surface area contributed by atoms with Crippen LogP contribution in [0.5, 0.6) is 0 Å². The maximum atomic E-state index is 11.8. The summed E-state index contributed by atoms with van der Waals surface area (Å²) in [5.74, 6) is -0.365. The molecule has 1 heterocycles. The molecule has 0 spiro atoms. The van der Waals surface area contributed by atoms with Crippen molar-refractivity contribution in [1.82, 2.24) is 10.2 Å². The molecule has 1 N–H and O–H groups in total.